The molecule has 0 heterocycles. The summed E-state index contributed by atoms with van der Waals surface area (Å²) in [6, 6.07) is 13.3. The number of anilines is 1. The van der Waals surface area contributed by atoms with Crippen molar-refractivity contribution in [2.75, 3.05) is 18.7 Å². The lowest BCUT2D eigenvalue weighted by Gasteiger charge is -2.13. The molecule has 0 bridgehead atoms. The predicted molar refractivity (Wildman–Crippen MR) is 105 cm³/mol. The normalized spacial score (nSPS) is 10.9. The van der Waals surface area contributed by atoms with Crippen LogP contribution in [-0.2, 0) is 4.79 Å². The van der Waals surface area contributed by atoms with Crippen LogP contribution in [0.1, 0.15) is 19.4 Å². The van der Waals surface area contributed by atoms with Gasteiger partial charge in [0.25, 0.3) is 0 Å². The molecule has 2 aromatic rings. The number of amides is 1. The fourth-order valence-corrected chi connectivity index (χ4v) is 2.66. The van der Waals surface area contributed by atoms with Gasteiger partial charge in [-0.15, -0.1) is 11.8 Å². The monoisotopic (exact) mass is 357 g/mol. The predicted octanol–water partition coefficient (Wildman–Crippen LogP) is 4.86. The molecule has 1 N–H and O–H groups in total. The molecule has 0 radical (unpaired) electrons. The molecule has 0 aromatic heterocycles. The molecule has 132 valence electrons. The Morgan fingerprint density at radius 3 is 2.64 bits per heavy atom. The zero-order valence-corrected chi connectivity index (χ0v) is 15.7. The number of thioether (sulfide) groups is 1. The highest BCUT2D eigenvalue weighted by molar-refractivity contribution is 7.98. The zero-order chi connectivity index (χ0) is 18.2. The Balaban J connectivity index is 2.06. The Morgan fingerprint density at radius 2 is 1.96 bits per heavy atom. The lowest BCUT2D eigenvalue weighted by Crippen LogP contribution is -2.07. The Morgan fingerprint density at radius 1 is 1.16 bits per heavy atom. The molecule has 5 heteroatoms. The van der Waals surface area contributed by atoms with E-state index in [1.807, 2.05) is 62.6 Å². The van der Waals surface area contributed by atoms with Crippen LogP contribution in [0.25, 0.3) is 6.08 Å². The highest BCUT2D eigenvalue weighted by Gasteiger charge is 2.07. The Kier molecular flexibility index (Phi) is 6.95. The van der Waals surface area contributed by atoms with Gasteiger partial charge in [-0.25, -0.2) is 0 Å². The van der Waals surface area contributed by atoms with Crippen LogP contribution in [0.4, 0.5) is 5.69 Å². The maximum Gasteiger partial charge on any atom is 0.248 e. The topological polar surface area (TPSA) is 47.6 Å². The van der Waals surface area contributed by atoms with Crippen molar-refractivity contribution in [3.05, 3.63) is 54.1 Å². The summed E-state index contributed by atoms with van der Waals surface area (Å²) in [5.41, 5.74) is 1.64. The first kappa shape index (κ1) is 18.9. The Hall–Kier alpha value is -2.40. The molecule has 0 saturated heterocycles. The van der Waals surface area contributed by atoms with Crippen molar-refractivity contribution in [2.24, 2.45) is 0 Å². The van der Waals surface area contributed by atoms with E-state index in [0.29, 0.717) is 11.5 Å². The van der Waals surface area contributed by atoms with Crippen molar-refractivity contribution in [2.45, 2.75) is 24.8 Å². The van der Waals surface area contributed by atoms with Gasteiger partial charge in [-0.3, -0.25) is 4.79 Å². The van der Waals surface area contributed by atoms with E-state index in [2.05, 4.69) is 5.32 Å². The van der Waals surface area contributed by atoms with Crippen molar-refractivity contribution in [1.29, 1.82) is 0 Å². The molecule has 2 aromatic carbocycles. The highest BCUT2D eigenvalue weighted by atomic mass is 32.2. The number of ether oxygens (including phenoxy) is 2. The molecular formula is C20H23NO3S. The largest absolute Gasteiger partial charge is 0.493 e. The van der Waals surface area contributed by atoms with E-state index in [1.54, 1.807) is 24.9 Å². The number of hydrogen-bond donors (Lipinski definition) is 1. The van der Waals surface area contributed by atoms with Crippen LogP contribution < -0.4 is 14.8 Å². The second-order valence-corrected chi connectivity index (χ2v) is 6.51. The molecule has 25 heavy (non-hydrogen) atoms. The average molecular weight is 357 g/mol. The van der Waals surface area contributed by atoms with Crippen molar-refractivity contribution in [3.63, 3.8) is 0 Å². The minimum atomic E-state index is -0.181. The van der Waals surface area contributed by atoms with Gasteiger partial charge in [0, 0.05) is 16.7 Å². The van der Waals surface area contributed by atoms with E-state index in [9.17, 15) is 4.79 Å². The van der Waals surface area contributed by atoms with Crippen molar-refractivity contribution < 1.29 is 14.3 Å². The Labute approximate surface area is 153 Å². The van der Waals surface area contributed by atoms with E-state index in [-0.39, 0.29) is 12.0 Å². The molecular weight excluding hydrogens is 334 g/mol. The number of rotatable bonds is 7. The molecule has 4 nitrogen and oxygen atoms in total. The van der Waals surface area contributed by atoms with E-state index < -0.39 is 0 Å². The summed E-state index contributed by atoms with van der Waals surface area (Å²) in [6.45, 7) is 3.92. The van der Waals surface area contributed by atoms with Gasteiger partial charge in [-0.1, -0.05) is 12.1 Å². The number of methoxy groups -OCH3 is 1. The average Bonchev–Trinajstić information content (AvgIpc) is 2.60. The molecule has 0 aliphatic carbocycles. The van der Waals surface area contributed by atoms with Gasteiger partial charge < -0.3 is 14.8 Å². The van der Waals surface area contributed by atoms with Crippen LogP contribution in [0.15, 0.2) is 53.4 Å². The maximum absolute atomic E-state index is 12.1. The van der Waals surface area contributed by atoms with Gasteiger partial charge in [-0.2, -0.15) is 0 Å². The number of nitrogens with one attached hydrogen (secondary N) is 1. The summed E-state index contributed by atoms with van der Waals surface area (Å²) in [7, 11) is 1.60. The molecule has 0 fully saturated rings. The number of hydrogen-bond acceptors (Lipinski definition) is 4. The molecule has 2 rings (SSSR count). The van der Waals surface area contributed by atoms with Crippen LogP contribution in [-0.4, -0.2) is 25.4 Å². The van der Waals surface area contributed by atoms with Crippen LogP contribution in [0.3, 0.4) is 0 Å². The third-order valence-electron chi connectivity index (χ3n) is 3.31. The van der Waals surface area contributed by atoms with E-state index in [0.717, 1.165) is 16.1 Å². The fraction of sp³-hybridized carbons (Fsp3) is 0.250. The lowest BCUT2D eigenvalue weighted by atomic mass is 10.2. The molecule has 0 spiro atoms. The van der Waals surface area contributed by atoms with Gasteiger partial charge in [-0.05, 0) is 62.1 Å². The number of benzene rings is 2. The van der Waals surface area contributed by atoms with Crippen LogP contribution in [0, 0.1) is 0 Å². The van der Waals surface area contributed by atoms with Crippen molar-refractivity contribution in [1.82, 2.24) is 0 Å². The highest BCUT2D eigenvalue weighted by Crippen LogP contribution is 2.29. The van der Waals surface area contributed by atoms with E-state index in [4.69, 9.17) is 9.47 Å². The van der Waals surface area contributed by atoms with Crippen LogP contribution in [0.2, 0.25) is 0 Å². The fourth-order valence-electron chi connectivity index (χ4n) is 2.20. The summed E-state index contributed by atoms with van der Waals surface area (Å²) in [5.74, 6) is 1.15. The molecule has 0 aliphatic rings. The van der Waals surface area contributed by atoms with Crippen molar-refractivity contribution >= 4 is 29.4 Å². The maximum atomic E-state index is 12.1. The van der Waals surface area contributed by atoms with Gasteiger partial charge >= 0.3 is 0 Å². The second-order valence-electron chi connectivity index (χ2n) is 5.63. The quantitative estimate of drug-likeness (QED) is 0.568. The van der Waals surface area contributed by atoms with Gasteiger partial charge in [0.2, 0.25) is 5.91 Å². The minimum Gasteiger partial charge on any atom is -0.493 e. The zero-order valence-electron chi connectivity index (χ0n) is 14.9. The van der Waals surface area contributed by atoms with E-state index >= 15 is 0 Å². The third kappa shape index (κ3) is 5.87. The molecule has 0 unspecified atom stereocenters. The summed E-state index contributed by atoms with van der Waals surface area (Å²) >= 11 is 1.63. The first-order valence-corrected chi connectivity index (χ1v) is 9.22. The number of carbonyl (C=O) groups excluding carboxylic acids is 1. The SMILES string of the molecule is COc1cc(C=CC(=O)Nc2cccc(SC)c2)ccc1OC(C)C. The summed E-state index contributed by atoms with van der Waals surface area (Å²) in [6.07, 6.45) is 5.32. The molecule has 0 aliphatic heterocycles. The Bertz CT molecular complexity index is 756. The molecule has 0 saturated carbocycles. The summed E-state index contributed by atoms with van der Waals surface area (Å²) in [4.78, 5) is 13.2. The van der Waals surface area contributed by atoms with Crippen LogP contribution >= 0.6 is 11.8 Å². The number of carbonyl (C=O) groups is 1. The molecule has 0 atom stereocenters. The third-order valence-corrected chi connectivity index (χ3v) is 4.04. The second kappa shape index (κ2) is 9.18. The first-order chi connectivity index (χ1) is 12.0. The van der Waals surface area contributed by atoms with Gasteiger partial charge in [0.05, 0.1) is 13.2 Å². The lowest BCUT2D eigenvalue weighted by molar-refractivity contribution is -0.111. The molecule has 1 amide bonds. The summed E-state index contributed by atoms with van der Waals surface area (Å²) in [5, 5.41) is 2.86. The minimum absolute atomic E-state index is 0.0677. The van der Waals surface area contributed by atoms with Gasteiger partial charge in [0.15, 0.2) is 11.5 Å². The van der Waals surface area contributed by atoms with Gasteiger partial charge in [0.1, 0.15) is 0 Å². The standard InChI is InChI=1S/C20H23NO3S/c1-14(2)24-18-10-8-15(12-19(18)23-3)9-11-20(22)21-16-6-5-7-17(13-16)25-4/h5-14H,1-4H3,(H,21,22). The summed E-state index contributed by atoms with van der Waals surface area (Å²) < 4.78 is 11.0. The first-order valence-electron chi connectivity index (χ1n) is 7.99. The van der Waals surface area contributed by atoms with E-state index in [1.165, 1.54) is 6.08 Å². The smallest absolute Gasteiger partial charge is 0.248 e. The van der Waals surface area contributed by atoms with Crippen LogP contribution in [0.5, 0.6) is 11.5 Å². The van der Waals surface area contributed by atoms with Crippen molar-refractivity contribution in [3.8, 4) is 11.5 Å².